The number of aliphatic imine (C=N–C) groups is 1. The molecule has 6 heteroatoms. The van der Waals surface area contributed by atoms with Gasteiger partial charge < -0.3 is 19.7 Å². The van der Waals surface area contributed by atoms with Gasteiger partial charge in [-0.2, -0.15) is 0 Å². The molecule has 1 N–H and O–H groups in total. The van der Waals surface area contributed by atoms with Crippen LogP contribution >= 0.6 is 0 Å². The highest BCUT2D eigenvalue weighted by molar-refractivity contribution is 5.79. The van der Waals surface area contributed by atoms with Crippen molar-refractivity contribution in [2.24, 2.45) is 10.9 Å². The Kier molecular flexibility index (Phi) is 9.27. The van der Waals surface area contributed by atoms with Gasteiger partial charge in [0, 0.05) is 33.8 Å². The minimum absolute atomic E-state index is 0.233. The Labute approximate surface area is 151 Å². The Morgan fingerprint density at radius 3 is 2.60 bits per heavy atom. The largest absolute Gasteiger partial charge is 0.494 e. The van der Waals surface area contributed by atoms with Crippen molar-refractivity contribution in [1.29, 1.82) is 0 Å². The smallest absolute Gasteiger partial charge is 0.193 e. The first kappa shape index (κ1) is 21.2. The summed E-state index contributed by atoms with van der Waals surface area (Å²) in [6.07, 6.45) is 1.15. The molecule has 0 bridgehead atoms. The highest BCUT2D eigenvalue weighted by Crippen LogP contribution is 2.18. The third kappa shape index (κ3) is 6.90. The van der Waals surface area contributed by atoms with Crippen LogP contribution in [-0.2, 0) is 11.3 Å². The maximum atomic E-state index is 13.8. The van der Waals surface area contributed by atoms with Crippen molar-refractivity contribution in [3.8, 4) is 5.75 Å². The molecule has 1 atom stereocenters. The molecule has 0 aromatic heterocycles. The van der Waals surface area contributed by atoms with Gasteiger partial charge in [-0.1, -0.05) is 19.9 Å². The monoisotopic (exact) mass is 353 g/mol. The summed E-state index contributed by atoms with van der Waals surface area (Å²) >= 11 is 0. The van der Waals surface area contributed by atoms with Crippen LogP contribution in [0.25, 0.3) is 0 Å². The van der Waals surface area contributed by atoms with E-state index in [1.807, 2.05) is 24.9 Å². The second-order valence-corrected chi connectivity index (χ2v) is 6.33. The number of halogens is 1. The number of benzene rings is 1. The van der Waals surface area contributed by atoms with E-state index in [0.717, 1.165) is 31.1 Å². The van der Waals surface area contributed by atoms with Crippen LogP contribution in [0.3, 0.4) is 0 Å². The van der Waals surface area contributed by atoms with Crippen LogP contribution in [0.2, 0.25) is 0 Å². The maximum absolute atomic E-state index is 13.8. The average molecular weight is 353 g/mol. The lowest BCUT2D eigenvalue weighted by molar-refractivity contribution is 0.0257. The van der Waals surface area contributed by atoms with Crippen molar-refractivity contribution in [1.82, 2.24) is 10.2 Å². The Bertz CT molecular complexity index is 549. The maximum Gasteiger partial charge on any atom is 0.193 e. The first-order valence-electron chi connectivity index (χ1n) is 8.78. The summed E-state index contributed by atoms with van der Waals surface area (Å²) < 4.78 is 24.5. The van der Waals surface area contributed by atoms with E-state index in [2.05, 4.69) is 24.2 Å². The van der Waals surface area contributed by atoms with Gasteiger partial charge in [0.15, 0.2) is 17.5 Å². The number of rotatable bonds is 9. The summed E-state index contributed by atoms with van der Waals surface area (Å²) in [5.41, 5.74) is 0.859. The van der Waals surface area contributed by atoms with Gasteiger partial charge in [0.2, 0.25) is 0 Å². The van der Waals surface area contributed by atoms with Crippen molar-refractivity contribution >= 4 is 5.96 Å². The highest BCUT2D eigenvalue weighted by Gasteiger charge is 2.14. The number of ether oxygens (including phenoxy) is 2. The molecule has 0 spiro atoms. The fourth-order valence-electron chi connectivity index (χ4n) is 2.69. The van der Waals surface area contributed by atoms with E-state index in [0.29, 0.717) is 12.5 Å². The SMILES string of the molecule is CCOC(CCNC(=NC)N(C)Cc1ccc(OC)c(F)c1)C(C)C. The molecule has 0 saturated heterocycles. The summed E-state index contributed by atoms with van der Waals surface area (Å²) in [4.78, 5) is 6.26. The molecular formula is C19H32FN3O2. The molecule has 1 aromatic rings. The van der Waals surface area contributed by atoms with E-state index in [9.17, 15) is 4.39 Å². The minimum atomic E-state index is -0.354. The molecule has 142 valence electrons. The van der Waals surface area contributed by atoms with Crippen molar-refractivity contribution in [3.63, 3.8) is 0 Å². The van der Waals surface area contributed by atoms with Gasteiger partial charge in [-0.05, 0) is 37.0 Å². The normalized spacial score (nSPS) is 13.0. The molecule has 0 aliphatic carbocycles. The third-order valence-electron chi connectivity index (χ3n) is 4.05. The second-order valence-electron chi connectivity index (χ2n) is 6.33. The van der Waals surface area contributed by atoms with E-state index < -0.39 is 0 Å². The van der Waals surface area contributed by atoms with Crippen LogP contribution in [0.5, 0.6) is 5.75 Å². The van der Waals surface area contributed by atoms with Crippen LogP contribution < -0.4 is 10.1 Å². The molecular weight excluding hydrogens is 321 g/mol. The number of nitrogens with zero attached hydrogens (tertiary/aromatic N) is 2. The molecule has 5 nitrogen and oxygen atoms in total. The Hall–Kier alpha value is -1.82. The van der Waals surface area contributed by atoms with Gasteiger partial charge in [0.25, 0.3) is 0 Å². The zero-order chi connectivity index (χ0) is 18.8. The van der Waals surface area contributed by atoms with Crippen molar-refractivity contribution in [3.05, 3.63) is 29.6 Å². The second kappa shape index (κ2) is 10.9. The van der Waals surface area contributed by atoms with Crippen molar-refractivity contribution in [2.45, 2.75) is 39.8 Å². The summed E-state index contributed by atoms with van der Waals surface area (Å²) in [7, 11) is 5.14. The molecule has 0 radical (unpaired) electrons. The fourth-order valence-corrected chi connectivity index (χ4v) is 2.69. The number of hydrogen-bond acceptors (Lipinski definition) is 3. The number of guanidine groups is 1. The predicted molar refractivity (Wildman–Crippen MR) is 101 cm³/mol. The van der Waals surface area contributed by atoms with E-state index >= 15 is 0 Å². The molecule has 25 heavy (non-hydrogen) atoms. The van der Waals surface area contributed by atoms with Gasteiger partial charge >= 0.3 is 0 Å². The lowest BCUT2D eigenvalue weighted by Crippen LogP contribution is -2.40. The fraction of sp³-hybridized carbons (Fsp3) is 0.632. The van der Waals surface area contributed by atoms with E-state index in [1.54, 1.807) is 13.1 Å². The van der Waals surface area contributed by atoms with Crippen molar-refractivity contribution in [2.75, 3.05) is 34.4 Å². The van der Waals surface area contributed by atoms with Gasteiger partial charge in [0.1, 0.15) is 0 Å². The predicted octanol–water partition coefficient (Wildman–Crippen LogP) is 3.29. The van der Waals surface area contributed by atoms with Gasteiger partial charge in [-0.3, -0.25) is 4.99 Å². The summed E-state index contributed by atoms with van der Waals surface area (Å²) in [6, 6.07) is 4.99. The first-order chi connectivity index (χ1) is 11.9. The number of hydrogen-bond donors (Lipinski definition) is 1. The van der Waals surface area contributed by atoms with Crippen molar-refractivity contribution < 1.29 is 13.9 Å². The van der Waals surface area contributed by atoms with Crippen LogP contribution in [0.1, 0.15) is 32.8 Å². The highest BCUT2D eigenvalue weighted by atomic mass is 19.1. The third-order valence-corrected chi connectivity index (χ3v) is 4.05. The van der Waals surface area contributed by atoms with E-state index in [1.165, 1.54) is 13.2 Å². The molecule has 1 aromatic carbocycles. The zero-order valence-corrected chi connectivity index (χ0v) is 16.3. The number of nitrogens with one attached hydrogen (secondary N) is 1. The molecule has 0 amide bonds. The first-order valence-corrected chi connectivity index (χ1v) is 8.78. The molecule has 0 aliphatic heterocycles. The molecule has 1 rings (SSSR count). The minimum Gasteiger partial charge on any atom is -0.494 e. The molecule has 0 saturated carbocycles. The van der Waals surface area contributed by atoms with E-state index in [4.69, 9.17) is 9.47 Å². The summed E-state index contributed by atoms with van der Waals surface area (Å²) in [5, 5.41) is 3.35. The molecule has 0 fully saturated rings. The van der Waals surface area contributed by atoms with Crippen LogP contribution in [0.4, 0.5) is 4.39 Å². The van der Waals surface area contributed by atoms with Gasteiger partial charge in [-0.15, -0.1) is 0 Å². The standard InChI is InChI=1S/C19H32FN3O2/c1-7-25-17(14(2)3)10-11-22-19(21-4)23(5)13-15-8-9-18(24-6)16(20)12-15/h8-9,12,14,17H,7,10-11,13H2,1-6H3,(H,21,22). The summed E-state index contributed by atoms with van der Waals surface area (Å²) in [6.45, 7) is 8.40. The quantitative estimate of drug-likeness (QED) is 0.547. The van der Waals surface area contributed by atoms with E-state index in [-0.39, 0.29) is 17.7 Å². The molecule has 0 heterocycles. The van der Waals surface area contributed by atoms with Crippen LogP contribution in [0.15, 0.2) is 23.2 Å². The Morgan fingerprint density at radius 2 is 2.08 bits per heavy atom. The summed E-state index contributed by atoms with van der Waals surface area (Å²) in [5.74, 6) is 1.15. The Morgan fingerprint density at radius 1 is 1.36 bits per heavy atom. The lowest BCUT2D eigenvalue weighted by atomic mass is 10.0. The van der Waals surface area contributed by atoms with Gasteiger partial charge in [0.05, 0.1) is 13.2 Å². The van der Waals surface area contributed by atoms with Crippen LogP contribution in [-0.4, -0.2) is 51.3 Å². The molecule has 1 unspecified atom stereocenters. The number of methoxy groups -OCH3 is 1. The lowest BCUT2D eigenvalue weighted by Gasteiger charge is -2.25. The Balaban J connectivity index is 2.57. The average Bonchev–Trinajstić information content (AvgIpc) is 2.57. The van der Waals surface area contributed by atoms with Gasteiger partial charge in [-0.25, -0.2) is 4.39 Å². The zero-order valence-electron chi connectivity index (χ0n) is 16.3. The molecule has 0 aliphatic rings. The van der Waals surface area contributed by atoms with Crippen LogP contribution in [0, 0.1) is 11.7 Å². The topological polar surface area (TPSA) is 46.1 Å².